The minimum Gasteiger partial charge on any atom is -0.490 e. The Labute approximate surface area is 143 Å². The van der Waals surface area contributed by atoms with Gasteiger partial charge in [-0.15, -0.1) is 0 Å². The van der Waals surface area contributed by atoms with Gasteiger partial charge in [-0.25, -0.2) is 0 Å². The highest BCUT2D eigenvalue weighted by Gasteiger charge is 2.11. The number of amides is 1. The predicted molar refractivity (Wildman–Crippen MR) is 93.3 cm³/mol. The number of hydrogen-bond donors (Lipinski definition) is 2. The highest BCUT2D eigenvalue weighted by Crippen LogP contribution is 2.32. The number of rotatable bonds is 4. The first-order chi connectivity index (χ1) is 11.2. The van der Waals surface area contributed by atoms with Crippen molar-refractivity contribution >= 4 is 33.2 Å². The summed E-state index contributed by atoms with van der Waals surface area (Å²) in [6.45, 7) is 1.46. The van der Waals surface area contributed by atoms with Crippen LogP contribution in [0.25, 0.3) is 0 Å². The van der Waals surface area contributed by atoms with Crippen LogP contribution in [-0.4, -0.2) is 25.7 Å². The zero-order valence-corrected chi connectivity index (χ0v) is 14.1. The molecule has 6 heteroatoms. The van der Waals surface area contributed by atoms with E-state index < -0.39 is 0 Å². The Bertz CT molecular complexity index is 689. The summed E-state index contributed by atoms with van der Waals surface area (Å²) in [5, 5.41) is 5.92. The summed E-state index contributed by atoms with van der Waals surface area (Å²) in [4.78, 5) is 12.0. The molecule has 0 saturated carbocycles. The number of carbonyl (C=O) groups is 1. The van der Waals surface area contributed by atoms with E-state index in [0.717, 1.165) is 16.6 Å². The highest BCUT2D eigenvalue weighted by atomic mass is 79.9. The van der Waals surface area contributed by atoms with E-state index in [1.807, 2.05) is 36.4 Å². The number of benzene rings is 2. The fraction of sp³-hybridized carbons (Fsp3) is 0.235. The zero-order chi connectivity index (χ0) is 16.1. The number of halogens is 1. The van der Waals surface area contributed by atoms with Crippen molar-refractivity contribution < 1.29 is 14.3 Å². The third-order valence-corrected chi connectivity index (χ3v) is 3.86. The molecule has 0 saturated heterocycles. The van der Waals surface area contributed by atoms with Crippen LogP contribution < -0.4 is 20.1 Å². The van der Waals surface area contributed by atoms with Gasteiger partial charge in [0.15, 0.2) is 11.5 Å². The van der Waals surface area contributed by atoms with Gasteiger partial charge >= 0.3 is 0 Å². The average molecular weight is 377 g/mol. The van der Waals surface area contributed by atoms with Gasteiger partial charge in [-0.1, -0.05) is 15.9 Å². The van der Waals surface area contributed by atoms with Crippen molar-refractivity contribution in [2.75, 3.05) is 30.4 Å². The molecule has 1 aliphatic heterocycles. The van der Waals surface area contributed by atoms with Crippen LogP contribution in [0.2, 0.25) is 0 Å². The molecule has 0 spiro atoms. The molecule has 0 radical (unpaired) electrons. The van der Waals surface area contributed by atoms with Gasteiger partial charge in [0.1, 0.15) is 0 Å². The molecule has 1 heterocycles. The molecular weight excluding hydrogens is 360 g/mol. The number of carbonyl (C=O) groups excluding carboxylic acids is 1. The van der Waals surface area contributed by atoms with Gasteiger partial charge in [0.25, 0.3) is 0 Å². The summed E-state index contributed by atoms with van der Waals surface area (Å²) in [6.07, 6.45) is 0.855. The molecule has 0 bridgehead atoms. The van der Waals surface area contributed by atoms with Crippen LogP contribution in [0.15, 0.2) is 46.9 Å². The molecule has 120 valence electrons. The van der Waals surface area contributed by atoms with Crippen molar-refractivity contribution in [1.29, 1.82) is 0 Å². The molecule has 5 nitrogen and oxygen atoms in total. The summed E-state index contributed by atoms with van der Waals surface area (Å²) in [6, 6.07) is 13.1. The molecular formula is C17H17BrN2O3. The fourth-order valence-electron chi connectivity index (χ4n) is 2.20. The lowest BCUT2D eigenvalue weighted by molar-refractivity contribution is -0.114. The number of hydrogen-bond acceptors (Lipinski definition) is 4. The maximum Gasteiger partial charge on any atom is 0.243 e. The van der Waals surface area contributed by atoms with E-state index in [-0.39, 0.29) is 12.5 Å². The zero-order valence-electron chi connectivity index (χ0n) is 12.5. The summed E-state index contributed by atoms with van der Waals surface area (Å²) in [5.74, 6) is 1.26. The maximum atomic E-state index is 12.0. The number of anilines is 2. The Morgan fingerprint density at radius 3 is 2.48 bits per heavy atom. The van der Waals surface area contributed by atoms with E-state index in [4.69, 9.17) is 9.47 Å². The van der Waals surface area contributed by atoms with Crippen molar-refractivity contribution in [1.82, 2.24) is 0 Å². The van der Waals surface area contributed by atoms with Crippen molar-refractivity contribution in [3.8, 4) is 11.5 Å². The molecule has 1 aliphatic rings. The summed E-state index contributed by atoms with van der Waals surface area (Å²) in [5.41, 5.74) is 1.58. The molecule has 1 amide bonds. The Morgan fingerprint density at radius 2 is 1.70 bits per heavy atom. The molecule has 2 N–H and O–H groups in total. The van der Waals surface area contributed by atoms with Crippen molar-refractivity contribution in [3.05, 3.63) is 46.9 Å². The summed E-state index contributed by atoms with van der Waals surface area (Å²) in [7, 11) is 0. The van der Waals surface area contributed by atoms with Gasteiger partial charge in [0, 0.05) is 28.3 Å². The van der Waals surface area contributed by atoms with Gasteiger partial charge in [-0.2, -0.15) is 0 Å². The molecule has 2 aromatic rings. The van der Waals surface area contributed by atoms with Gasteiger partial charge in [-0.05, 0) is 36.4 Å². The van der Waals surface area contributed by atoms with E-state index >= 15 is 0 Å². The SMILES string of the molecule is O=C(CNc1ccc(Br)cc1)Nc1ccc2c(c1)OCCCO2. The number of ether oxygens (including phenoxy) is 2. The lowest BCUT2D eigenvalue weighted by atomic mass is 10.2. The smallest absolute Gasteiger partial charge is 0.243 e. The van der Waals surface area contributed by atoms with Crippen LogP contribution in [0.3, 0.4) is 0 Å². The summed E-state index contributed by atoms with van der Waals surface area (Å²) < 4.78 is 12.2. The van der Waals surface area contributed by atoms with Crippen LogP contribution in [0.1, 0.15) is 6.42 Å². The van der Waals surface area contributed by atoms with Crippen molar-refractivity contribution in [2.24, 2.45) is 0 Å². The molecule has 3 rings (SSSR count). The van der Waals surface area contributed by atoms with Gasteiger partial charge < -0.3 is 20.1 Å². The minimum atomic E-state index is -0.123. The first-order valence-electron chi connectivity index (χ1n) is 7.40. The Kier molecular flexibility index (Phi) is 5.02. The first kappa shape index (κ1) is 15.7. The van der Waals surface area contributed by atoms with Crippen LogP contribution in [0.4, 0.5) is 11.4 Å². The topological polar surface area (TPSA) is 59.6 Å². The molecule has 0 fully saturated rings. The van der Waals surface area contributed by atoms with Crippen molar-refractivity contribution in [2.45, 2.75) is 6.42 Å². The molecule has 0 aliphatic carbocycles. The first-order valence-corrected chi connectivity index (χ1v) is 8.19. The molecule has 0 atom stereocenters. The van der Waals surface area contributed by atoms with E-state index in [9.17, 15) is 4.79 Å². The van der Waals surface area contributed by atoms with Gasteiger partial charge in [0.05, 0.1) is 19.8 Å². The molecule has 2 aromatic carbocycles. The number of fused-ring (bicyclic) bond motifs is 1. The van der Waals surface area contributed by atoms with Crippen LogP contribution >= 0.6 is 15.9 Å². The lowest BCUT2D eigenvalue weighted by Crippen LogP contribution is -2.21. The Balaban J connectivity index is 1.57. The largest absolute Gasteiger partial charge is 0.490 e. The Morgan fingerprint density at radius 1 is 1.00 bits per heavy atom. The Hall–Kier alpha value is -2.21. The van der Waals surface area contributed by atoms with Crippen LogP contribution in [0, 0.1) is 0 Å². The van der Waals surface area contributed by atoms with Crippen molar-refractivity contribution in [3.63, 3.8) is 0 Å². The van der Waals surface area contributed by atoms with E-state index in [0.29, 0.717) is 30.4 Å². The maximum absolute atomic E-state index is 12.0. The van der Waals surface area contributed by atoms with E-state index in [1.165, 1.54) is 0 Å². The molecule has 0 unspecified atom stereocenters. The molecule has 0 aromatic heterocycles. The van der Waals surface area contributed by atoms with E-state index in [1.54, 1.807) is 6.07 Å². The summed E-state index contributed by atoms with van der Waals surface area (Å²) >= 11 is 3.38. The second-order valence-corrected chi connectivity index (χ2v) is 6.04. The van der Waals surface area contributed by atoms with Gasteiger partial charge in [-0.3, -0.25) is 4.79 Å². The van der Waals surface area contributed by atoms with E-state index in [2.05, 4.69) is 26.6 Å². The fourth-order valence-corrected chi connectivity index (χ4v) is 2.46. The number of nitrogens with one attached hydrogen (secondary N) is 2. The third kappa shape index (κ3) is 4.39. The third-order valence-electron chi connectivity index (χ3n) is 3.33. The second kappa shape index (κ2) is 7.37. The van der Waals surface area contributed by atoms with Crippen LogP contribution in [0.5, 0.6) is 11.5 Å². The normalized spacial score (nSPS) is 13.1. The molecule has 23 heavy (non-hydrogen) atoms. The lowest BCUT2D eigenvalue weighted by Gasteiger charge is -2.11. The minimum absolute atomic E-state index is 0.123. The second-order valence-electron chi connectivity index (χ2n) is 5.12. The standard InChI is InChI=1S/C17H17BrN2O3/c18-12-2-4-13(5-3-12)19-11-17(21)20-14-6-7-15-16(10-14)23-9-1-8-22-15/h2-7,10,19H,1,8-9,11H2,(H,20,21). The highest BCUT2D eigenvalue weighted by molar-refractivity contribution is 9.10. The predicted octanol–water partition coefficient (Wildman–Crippen LogP) is 3.66. The van der Waals surface area contributed by atoms with Crippen LogP contribution in [-0.2, 0) is 4.79 Å². The quantitative estimate of drug-likeness (QED) is 0.854. The average Bonchev–Trinajstić information content (AvgIpc) is 2.79. The monoisotopic (exact) mass is 376 g/mol. The van der Waals surface area contributed by atoms with Gasteiger partial charge in [0.2, 0.25) is 5.91 Å².